The van der Waals surface area contributed by atoms with E-state index in [-0.39, 0.29) is 34.4 Å². The Balaban J connectivity index is 1.88. The lowest BCUT2D eigenvalue weighted by Crippen LogP contribution is -2.26. The number of fused-ring (bicyclic) bond motifs is 1. The standard InChI is InChI=1S/C19H20N4O5/c1-27-18(25)15-14-17(22-16(20-15)12-3-2-4-13(24)9-12)23(19(26)21-14)10-11-5-7-28-8-6-11/h2-4,9,11,24H,5-8,10H2,1H3,(H,21,26). The second-order valence-corrected chi connectivity index (χ2v) is 6.73. The van der Waals surface area contributed by atoms with Crippen molar-refractivity contribution in [1.82, 2.24) is 19.5 Å². The van der Waals surface area contributed by atoms with Crippen LogP contribution in [0.4, 0.5) is 0 Å². The Labute approximate surface area is 160 Å². The van der Waals surface area contributed by atoms with Crippen molar-refractivity contribution in [3.05, 3.63) is 40.4 Å². The fraction of sp³-hybridized carbons (Fsp3) is 0.368. The zero-order valence-corrected chi connectivity index (χ0v) is 15.3. The van der Waals surface area contributed by atoms with E-state index >= 15 is 0 Å². The molecular weight excluding hydrogens is 364 g/mol. The Kier molecular flexibility index (Phi) is 4.82. The second kappa shape index (κ2) is 7.43. The highest BCUT2D eigenvalue weighted by Crippen LogP contribution is 2.24. The summed E-state index contributed by atoms with van der Waals surface area (Å²) in [4.78, 5) is 36.4. The molecule has 4 rings (SSSR count). The first-order valence-electron chi connectivity index (χ1n) is 9.03. The first kappa shape index (κ1) is 18.2. The van der Waals surface area contributed by atoms with Crippen molar-refractivity contribution in [2.45, 2.75) is 19.4 Å². The van der Waals surface area contributed by atoms with Crippen molar-refractivity contribution >= 4 is 17.1 Å². The molecule has 0 atom stereocenters. The topological polar surface area (TPSA) is 119 Å². The van der Waals surface area contributed by atoms with Crippen LogP contribution >= 0.6 is 0 Å². The summed E-state index contributed by atoms with van der Waals surface area (Å²) in [7, 11) is 1.25. The first-order chi connectivity index (χ1) is 13.6. The number of hydrogen-bond donors (Lipinski definition) is 2. The Morgan fingerprint density at radius 1 is 1.36 bits per heavy atom. The fourth-order valence-corrected chi connectivity index (χ4v) is 3.40. The van der Waals surface area contributed by atoms with E-state index < -0.39 is 5.97 Å². The number of nitrogens with one attached hydrogen (secondary N) is 1. The number of carbonyl (C=O) groups is 1. The number of hydrogen-bond acceptors (Lipinski definition) is 7. The van der Waals surface area contributed by atoms with Crippen LogP contribution in [-0.4, -0.2) is 50.9 Å². The van der Waals surface area contributed by atoms with Gasteiger partial charge in [-0.25, -0.2) is 19.6 Å². The Morgan fingerprint density at radius 3 is 2.86 bits per heavy atom. The van der Waals surface area contributed by atoms with Crippen LogP contribution in [0.5, 0.6) is 5.75 Å². The zero-order chi connectivity index (χ0) is 19.7. The average Bonchev–Trinajstić information content (AvgIpc) is 3.03. The number of H-pyrrole nitrogens is 1. The molecule has 9 nitrogen and oxygen atoms in total. The van der Waals surface area contributed by atoms with E-state index in [1.807, 2.05) is 0 Å². The second-order valence-electron chi connectivity index (χ2n) is 6.73. The first-order valence-corrected chi connectivity index (χ1v) is 9.03. The molecule has 0 saturated carbocycles. The quantitative estimate of drug-likeness (QED) is 0.657. The van der Waals surface area contributed by atoms with Gasteiger partial charge in [0.2, 0.25) is 0 Å². The molecule has 2 aromatic heterocycles. The minimum Gasteiger partial charge on any atom is -0.508 e. The number of aromatic amines is 1. The molecule has 146 valence electrons. The van der Waals surface area contributed by atoms with Crippen LogP contribution in [0.3, 0.4) is 0 Å². The van der Waals surface area contributed by atoms with E-state index in [4.69, 9.17) is 9.47 Å². The van der Waals surface area contributed by atoms with Gasteiger partial charge in [0.05, 0.1) is 7.11 Å². The minimum atomic E-state index is -0.673. The number of esters is 1. The fourth-order valence-electron chi connectivity index (χ4n) is 3.40. The summed E-state index contributed by atoms with van der Waals surface area (Å²) in [5, 5.41) is 9.77. The van der Waals surface area contributed by atoms with Crippen LogP contribution in [0.2, 0.25) is 0 Å². The van der Waals surface area contributed by atoms with Gasteiger partial charge in [0, 0.05) is 25.3 Å². The number of nitrogens with zero attached hydrogens (tertiary/aromatic N) is 3. The predicted octanol–water partition coefficient (Wildman–Crippen LogP) is 1.71. The molecule has 0 unspecified atom stereocenters. The number of phenols is 1. The Bertz CT molecular complexity index is 1080. The summed E-state index contributed by atoms with van der Waals surface area (Å²) in [5.74, 6) is -0.113. The summed E-state index contributed by atoms with van der Waals surface area (Å²) in [5.41, 5.74) is 0.735. The van der Waals surface area contributed by atoms with E-state index in [1.165, 1.54) is 23.8 Å². The van der Waals surface area contributed by atoms with Gasteiger partial charge in [0.1, 0.15) is 11.3 Å². The van der Waals surface area contributed by atoms with Crippen LogP contribution in [0.15, 0.2) is 29.1 Å². The number of aromatic nitrogens is 4. The minimum absolute atomic E-state index is 0.0197. The summed E-state index contributed by atoms with van der Waals surface area (Å²) >= 11 is 0. The maximum absolute atomic E-state index is 12.6. The molecule has 9 heteroatoms. The zero-order valence-electron chi connectivity index (χ0n) is 15.3. The molecule has 0 spiro atoms. The lowest BCUT2D eigenvalue weighted by molar-refractivity contribution is 0.0596. The third-order valence-corrected chi connectivity index (χ3v) is 4.89. The average molecular weight is 384 g/mol. The van der Waals surface area contributed by atoms with Gasteiger partial charge in [-0.1, -0.05) is 12.1 Å². The number of phenolic OH excluding ortho intramolecular Hbond substituents is 1. The van der Waals surface area contributed by atoms with Crippen molar-refractivity contribution in [3.8, 4) is 17.1 Å². The normalized spacial score (nSPS) is 15.0. The highest BCUT2D eigenvalue weighted by molar-refractivity contribution is 5.99. The number of ether oxygens (including phenoxy) is 2. The van der Waals surface area contributed by atoms with Crippen molar-refractivity contribution in [3.63, 3.8) is 0 Å². The highest BCUT2D eigenvalue weighted by atomic mass is 16.5. The van der Waals surface area contributed by atoms with Gasteiger partial charge in [-0.2, -0.15) is 0 Å². The Morgan fingerprint density at radius 2 is 2.14 bits per heavy atom. The third kappa shape index (κ3) is 3.36. The number of rotatable bonds is 4. The van der Waals surface area contributed by atoms with Crippen molar-refractivity contribution in [1.29, 1.82) is 0 Å². The molecule has 1 aliphatic rings. The number of benzene rings is 1. The number of aromatic hydroxyl groups is 1. The van der Waals surface area contributed by atoms with Crippen LogP contribution in [0.1, 0.15) is 23.3 Å². The summed E-state index contributed by atoms with van der Waals surface area (Å²) in [6.07, 6.45) is 1.71. The van der Waals surface area contributed by atoms with E-state index in [0.717, 1.165) is 12.8 Å². The summed E-state index contributed by atoms with van der Waals surface area (Å²) in [6, 6.07) is 6.40. The van der Waals surface area contributed by atoms with E-state index in [9.17, 15) is 14.7 Å². The largest absolute Gasteiger partial charge is 0.508 e. The molecule has 0 bridgehead atoms. The van der Waals surface area contributed by atoms with Crippen molar-refractivity contribution in [2.75, 3.05) is 20.3 Å². The van der Waals surface area contributed by atoms with Crippen molar-refractivity contribution < 1.29 is 19.4 Å². The van der Waals surface area contributed by atoms with Gasteiger partial charge < -0.3 is 19.6 Å². The molecule has 3 heterocycles. The monoisotopic (exact) mass is 384 g/mol. The summed E-state index contributed by atoms with van der Waals surface area (Å²) < 4.78 is 11.7. The lowest BCUT2D eigenvalue weighted by atomic mass is 10.0. The summed E-state index contributed by atoms with van der Waals surface area (Å²) in [6.45, 7) is 1.80. The molecule has 1 fully saturated rings. The number of carbonyl (C=O) groups excluding carboxylic acids is 1. The van der Waals surface area contributed by atoms with Crippen LogP contribution in [0, 0.1) is 5.92 Å². The van der Waals surface area contributed by atoms with Gasteiger partial charge in [0.25, 0.3) is 0 Å². The van der Waals surface area contributed by atoms with Gasteiger partial charge in [0.15, 0.2) is 17.2 Å². The molecule has 1 aromatic carbocycles. The van der Waals surface area contributed by atoms with E-state index in [1.54, 1.807) is 12.1 Å². The number of imidazole rings is 1. The van der Waals surface area contributed by atoms with Gasteiger partial charge >= 0.3 is 11.7 Å². The van der Waals surface area contributed by atoms with Gasteiger partial charge in [-0.3, -0.25) is 4.57 Å². The Hall–Kier alpha value is -3.20. The molecular formula is C19H20N4O5. The highest BCUT2D eigenvalue weighted by Gasteiger charge is 2.23. The molecule has 0 aliphatic carbocycles. The van der Waals surface area contributed by atoms with Crippen molar-refractivity contribution in [2.24, 2.45) is 5.92 Å². The smallest absolute Gasteiger partial charge is 0.359 e. The molecule has 0 radical (unpaired) electrons. The molecule has 2 N–H and O–H groups in total. The molecule has 0 amide bonds. The van der Waals surface area contributed by atoms with Gasteiger partial charge in [-0.05, 0) is 30.9 Å². The number of methoxy groups -OCH3 is 1. The molecule has 28 heavy (non-hydrogen) atoms. The van der Waals surface area contributed by atoms with Crippen LogP contribution < -0.4 is 5.69 Å². The maximum atomic E-state index is 12.6. The SMILES string of the molecule is COC(=O)c1nc(-c2cccc(O)c2)nc2c1[nH]c(=O)n2CC1CCOCC1. The van der Waals surface area contributed by atoms with E-state index in [2.05, 4.69) is 15.0 Å². The van der Waals surface area contributed by atoms with E-state index in [0.29, 0.717) is 31.0 Å². The van der Waals surface area contributed by atoms with Gasteiger partial charge in [-0.15, -0.1) is 0 Å². The molecule has 3 aromatic rings. The molecule has 1 saturated heterocycles. The van der Waals surface area contributed by atoms with Crippen LogP contribution in [0.25, 0.3) is 22.6 Å². The predicted molar refractivity (Wildman–Crippen MR) is 100 cm³/mol. The van der Waals surface area contributed by atoms with Crippen LogP contribution in [-0.2, 0) is 16.0 Å². The lowest BCUT2D eigenvalue weighted by Gasteiger charge is -2.22. The third-order valence-electron chi connectivity index (χ3n) is 4.89. The maximum Gasteiger partial charge on any atom is 0.359 e. The molecule has 1 aliphatic heterocycles.